The first-order valence-corrected chi connectivity index (χ1v) is 17.2. The Labute approximate surface area is 227 Å². The van der Waals surface area contributed by atoms with Gasteiger partial charge in [0.05, 0.1) is 0 Å². The fourth-order valence-electron chi connectivity index (χ4n) is 6.81. The van der Waals surface area contributed by atoms with Gasteiger partial charge in [-0.05, 0) is 75.0 Å². The van der Waals surface area contributed by atoms with Gasteiger partial charge in [0, 0.05) is 56.5 Å². The fourth-order valence-corrected chi connectivity index (χ4v) is 9.84. The quantitative estimate of drug-likeness (QED) is 0.381. The van der Waals surface area contributed by atoms with Gasteiger partial charge in [-0.15, -0.1) is 0 Å². The van der Waals surface area contributed by atoms with Crippen LogP contribution < -0.4 is 30.4 Å². The normalized spacial score (nSPS) is 16.7. The second-order valence-electron chi connectivity index (χ2n) is 12.0. The Bertz CT molecular complexity index is 1600. The molecule has 5 heteroatoms. The van der Waals surface area contributed by atoms with E-state index in [2.05, 4.69) is 80.0 Å². The third kappa shape index (κ3) is 3.77. The van der Waals surface area contributed by atoms with Crippen LogP contribution >= 0.6 is 0 Å². The number of amides is 1. The molecule has 196 valence electrons. The summed E-state index contributed by atoms with van der Waals surface area (Å²) >= 11 is 0. The smallest absolute Gasteiger partial charge is 0.254 e. The molecule has 1 amide bonds. The van der Waals surface area contributed by atoms with Gasteiger partial charge in [0.15, 0.2) is 0 Å². The molecule has 3 aliphatic heterocycles. The predicted octanol–water partition coefficient (Wildman–Crippen LogP) is 2.61. The summed E-state index contributed by atoms with van der Waals surface area (Å²) in [5.41, 5.74) is 8.74. The Morgan fingerprint density at radius 2 is 1.82 bits per heavy atom. The van der Waals surface area contributed by atoms with E-state index in [1.54, 1.807) is 0 Å². The maximum Gasteiger partial charge on any atom is 0.254 e. The molecule has 0 spiro atoms. The molecule has 3 aromatic rings. The van der Waals surface area contributed by atoms with Gasteiger partial charge in [0.1, 0.15) is 21.7 Å². The van der Waals surface area contributed by atoms with Crippen LogP contribution in [0.4, 0.5) is 5.69 Å². The molecule has 0 radical (unpaired) electrons. The summed E-state index contributed by atoms with van der Waals surface area (Å²) in [7, 11) is 4.38. The number of unbranched alkanes of at least 4 members (excludes halogenated alkanes) is 1. The van der Waals surface area contributed by atoms with Gasteiger partial charge >= 0.3 is 0 Å². The Hall–Kier alpha value is -3.18. The van der Waals surface area contributed by atoms with Gasteiger partial charge in [-0.25, -0.2) is 4.58 Å². The molecule has 0 saturated heterocycles. The molecule has 0 bridgehead atoms. The number of likely N-dealkylation sites (N-methyl/N-ethyl adjacent to an activating group) is 2. The molecule has 3 aliphatic rings. The van der Waals surface area contributed by atoms with Crippen molar-refractivity contribution in [2.45, 2.75) is 45.7 Å². The Kier molecular flexibility index (Phi) is 6.10. The number of nitrogens with zero attached hydrogens (tertiary/aromatic N) is 3. The van der Waals surface area contributed by atoms with Crippen LogP contribution in [-0.4, -0.2) is 59.7 Å². The number of carbonyl (C=O) groups excluding carboxylic acids is 1. The van der Waals surface area contributed by atoms with Crippen LogP contribution in [0.5, 0.6) is 0 Å². The number of rotatable bonds is 5. The summed E-state index contributed by atoms with van der Waals surface area (Å²) in [5.74, 6) is 0.119. The third-order valence-corrected chi connectivity index (χ3v) is 12.7. The van der Waals surface area contributed by atoms with E-state index in [9.17, 15) is 4.79 Å². The highest BCUT2D eigenvalue weighted by Gasteiger charge is 2.39. The molecule has 6 rings (SSSR count). The van der Waals surface area contributed by atoms with Crippen molar-refractivity contribution >= 4 is 35.6 Å². The van der Waals surface area contributed by atoms with E-state index in [0.29, 0.717) is 0 Å². The number of fused-ring (bicyclic) bond motifs is 4. The van der Waals surface area contributed by atoms with Gasteiger partial charge in [0.2, 0.25) is 5.36 Å². The zero-order valence-electron chi connectivity index (χ0n) is 23.8. The minimum Gasteiger partial charge on any atom is -0.374 e. The molecule has 3 aromatic carbocycles. The molecule has 4 nitrogen and oxygen atoms in total. The van der Waals surface area contributed by atoms with E-state index in [1.807, 2.05) is 24.1 Å². The number of hydrogen-bond acceptors (Lipinski definition) is 2. The Balaban J connectivity index is 1.69. The maximum atomic E-state index is 13.8. The summed E-state index contributed by atoms with van der Waals surface area (Å²) in [6.07, 6.45) is 4.26. The molecule has 0 N–H and O–H groups in total. The van der Waals surface area contributed by atoms with E-state index in [0.717, 1.165) is 56.4 Å². The predicted molar refractivity (Wildman–Crippen MR) is 162 cm³/mol. The lowest BCUT2D eigenvalue weighted by Gasteiger charge is -2.34. The monoisotopic (exact) mass is 522 g/mol. The molecular weight excluding hydrogens is 482 g/mol. The lowest BCUT2D eigenvalue weighted by Crippen LogP contribution is -2.64. The number of carbonyl (C=O) groups is 1. The zero-order chi connectivity index (χ0) is 26.8. The van der Waals surface area contributed by atoms with E-state index in [-0.39, 0.29) is 5.91 Å². The SMILES string of the molecule is CCCCN(C)C(=O)c1ccccc1C1=c2cc3c(cc2[Si](C)(C)c2cc4c(cc21)CCN4C)=[N+](C)CC3. The first kappa shape index (κ1) is 25.1. The largest absolute Gasteiger partial charge is 0.374 e. The lowest BCUT2D eigenvalue weighted by molar-refractivity contribution is 0.0793. The first-order chi connectivity index (χ1) is 18.2. The second kappa shape index (κ2) is 9.23. The van der Waals surface area contributed by atoms with E-state index < -0.39 is 8.07 Å². The van der Waals surface area contributed by atoms with Crippen molar-refractivity contribution in [3.8, 4) is 0 Å². The van der Waals surface area contributed by atoms with Crippen molar-refractivity contribution in [3.63, 3.8) is 0 Å². The Morgan fingerprint density at radius 3 is 2.61 bits per heavy atom. The summed E-state index contributed by atoms with van der Waals surface area (Å²) in [4.78, 5) is 18.1. The van der Waals surface area contributed by atoms with Crippen molar-refractivity contribution in [3.05, 3.63) is 86.9 Å². The van der Waals surface area contributed by atoms with Crippen molar-refractivity contribution in [1.82, 2.24) is 9.48 Å². The van der Waals surface area contributed by atoms with Gasteiger partial charge < -0.3 is 9.80 Å². The van der Waals surface area contributed by atoms with Crippen LogP contribution in [0, 0.1) is 0 Å². The fraction of sp³-hybridized carbons (Fsp3) is 0.394. The van der Waals surface area contributed by atoms with Crippen LogP contribution in [0.3, 0.4) is 0 Å². The Morgan fingerprint density at radius 1 is 1.03 bits per heavy atom. The van der Waals surface area contributed by atoms with Crippen molar-refractivity contribution in [1.29, 1.82) is 0 Å². The van der Waals surface area contributed by atoms with Crippen molar-refractivity contribution in [2.75, 3.05) is 45.7 Å². The first-order valence-electron chi connectivity index (χ1n) is 14.2. The van der Waals surface area contributed by atoms with Crippen LogP contribution in [-0.2, 0) is 12.8 Å². The summed E-state index contributed by atoms with van der Waals surface area (Å²) < 4.78 is 2.41. The average molecular weight is 523 g/mol. The van der Waals surface area contributed by atoms with Gasteiger partial charge in [-0.3, -0.25) is 4.79 Å². The molecule has 0 atom stereocenters. The maximum absolute atomic E-state index is 13.8. The molecule has 38 heavy (non-hydrogen) atoms. The summed E-state index contributed by atoms with van der Waals surface area (Å²) in [5, 5.41) is 5.73. The van der Waals surface area contributed by atoms with E-state index >= 15 is 0 Å². The van der Waals surface area contributed by atoms with Crippen molar-refractivity contribution in [2.24, 2.45) is 0 Å². The van der Waals surface area contributed by atoms with E-state index in [4.69, 9.17) is 0 Å². The summed E-state index contributed by atoms with van der Waals surface area (Å²) in [6.45, 7) is 10.1. The van der Waals surface area contributed by atoms with Gasteiger partial charge in [-0.2, -0.15) is 0 Å². The molecule has 0 aromatic heterocycles. The molecule has 0 fully saturated rings. The molecule has 0 aliphatic carbocycles. The van der Waals surface area contributed by atoms with Crippen LogP contribution in [0.1, 0.15) is 52.4 Å². The number of hydrogen-bond donors (Lipinski definition) is 0. The molecule has 3 heterocycles. The summed E-state index contributed by atoms with van der Waals surface area (Å²) in [6, 6.07) is 18.3. The topological polar surface area (TPSA) is 26.6 Å². The molecular formula is C33H40N3OSi+. The van der Waals surface area contributed by atoms with Gasteiger partial charge in [0.25, 0.3) is 5.91 Å². The molecule has 0 saturated carbocycles. The molecule has 0 unspecified atom stereocenters. The number of anilines is 1. The highest BCUT2D eigenvalue weighted by Crippen LogP contribution is 2.34. The lowest BCUT2D eigenvalue weighted by atomic mass is 9.89. The highest BCUT2D eigenvalue weighted by molar-refractivity contribution is 7.01. The van der Waals surface area contributed by atoms with Crippen LogP contribution in [0.15, 0.2) is 48.5 Å². The highest BCUT2D eigenvalue weighted by atomic mass is 28.3. The standard InChI is InChI=1S/C33H40N3OSi/c1-7-8-15-36(4)33(37)25-12-10-9-11-24(25)32-26-18-22-13-16-34(2)28(22)20-30(26)38(5,6)31-21-29-23(19-27(31)32)14-17-35(29)3/h9-12,18-21H,7-8,13-17H2,1-6H3/q+1. The van der Waals surface area contributed by atoms with Gasteiger partial charge in [-0.1, -0.05) is 44.6 Å². The van der Waals surface area contributed by atoms with Crippen molar-refractivity contribution < 1.29 is 4.79 Å². The number of benzene rings is 3. The van der Waals surface area contributed by atoms with Crippen LogP contribution in [0.25, 0.3) is 5.57 Å². The third-order valence-electron chi connectivity index (χ3n) is 9.20. The van der Waals surface area contributed by atoms with Crippen LogP contribution in [0.2, 0.25) is 13.1 Å². The minimum absolute atomic E-state index is 0.119. The van der Waals surface area contributed by atoms with E-state index in [1.165, 1.54) is 48.9 Å². The minimum atomic E-state index is -2.00. The zero-order valence-corrected chi connectivity index (χ0v) is 24.8. The second-order valence-corrected chi connectivity index (χ2v) is 16.3. The average Bonchev–Trinajstić information content (AvgIpc) is 3.47.